The molecule has 132 valence electrons. The molecule has 0 unspecified atom stereocenters. The van der Waals surface area contributed by atoms with Gasteiger partial charge in [-0.1, -0.05) is 29.8 Å². The number of benzene rings is 1. The summed E-state index contributed by atoms with van der Waals surface area (Å²) >= 11 is 7.66. The van der Waals surface area contributed by atoms with Crippen LogP contribution >= 0.6 is 22.9 Å². The maximum Gasteiger partial charge on any atom is 0.241 e. The Balaban J connectivity index is 1.28. The van der Waals surface area contributed by atoms with Crippen LogP contribution in [0.4, 0.5) is 5.69 Å². The number of hydrogen-bond acceptors (Lipinski definition) is 4. The predicted octanol–water partition coefficient (Wildman–Crippen LogP) is 3.11. The van der Waals surface area contributed by atoms with Crippen LogP contribution in [-0.2, 0) is 17.8 Å². The number of para-hydroxylation sites is 1. The first-order valence-electron chi connectivity index (χ1n) is 8.76. The Morgan fingerprint density at radius 1 is 1.00 bits per heavy atom. The van der Waals surface area contributed by atoms with Gasteiger partial charge in [-0.2, -0.15) is 0 Å². The topological polar surface area (TPSA) is 26.8 Å². The van der Waals surface area contributed by atoms with E-state index in [-0.39, 0.29) is 5.91 Å². The lowest BCUT2D eigenvalue weighted by Gasteiger charge is -2.34. The molecule has 2 aliphatic rings. The molecule has 4 nitrogen and oxygen atoms in total. The van der Waals surface area contributed by atoms with E-state index in [4.69, 9.17) is 11.6 Å². The highest BCUT2D eigenvalue weighted by atomic mass is 35.5. The molecule has 0 aliphatic carbocycles. The van der Waals surface area contributed by atoms with Gasteiger partial charge in [0.1, 0.15) is 0 Å². The first-order valence-corrected chi connectivity index (χ1v) is 9.96. The number of carbonyl (C=O) groups excluding carboxylic acids is 1. The Kier molecular flexibility index (Phi) is 5.08. The smallest absolute Gasteiger partial charge is 0.241 e. The van der Waals surface area contributed by atoms with Crippen LogP contribution in [-0.4, -0.2) is 55.0 Å². The summed E-state index contributed by atoms with van der Waals surface area (Å²) < 4.78 is 0.852. The lowest BCUT2D eigenvalue weighted by Crippen LogP contribution is -2.49. The standard InChI is InChI=1S/C19H22ClN3OS/c20-18-6-5-16(25-18)13-21-9-11-22(12-10-21)14-19(24)23-8-7-15-3-1-2-4-17(15)23/h1-6H,7-14H2. The number of halogens is 1. The van der Waals surface area contributed by atoms with Crippen molar-refractivity contribution < 1.29 is 4.79 Å². The third-order valence-electron chi connectivity index (χ3n) is 5.02. The number of carbonyl (C=O) groups is 1. The van der Waals surface area contributed by atoms with E-state index in [1.165, 1.54) is 10.4 Å². The summed E-state index contributed by atoms with van der Waals surface area (Å²) in [6.07, 6.45) is 0.971. The van der Waals surface area contributed by atoms with E-state index in [0.717, 1.165) is 55.7 Å². The SMILES string of the molecule is O=C(CN1CCN(Cc2ccc(Cl)s2)CC1)N1CCc2ccccc21. The predicted molar refractivity (Wildman–Crippen MR) is 104 cm³/mol. The average Bonchev–Trinajstić information content (AvgIpc) is 3.23. The molecule has 0 radical (unpaired) electrons. The van der Waals surface area contributed by atoms with E-state index < -0.39 is 0 Å². The first kappa shape index (κ1) is 17.0. The summed E-state index contributed by atoms with van der Waals surface area (Å²) in [5.41, 5.74) is 2.39. The highest BCUT2D eigenvalue weighted by molar-refractivity contribution is 7.16. The number of rotatable bonds is 4. The van der Waals surface area contributed by atoms with Crippen molar-refractivity contribution in [3.8, 4) is 0 Å². The molecule has 25 heavy (non-hydrogen) atoms. The Labute approximate surface area is 157 Å². The molecule has 1 aromatic carbocycles. The van der Waals surface area contributed by atoms with E-state index >= 15 is 0 Å². The zero-order valence-corrected chi connectivity index (χ0v) is 15.7. The summed E-state index contributed by atoms with van der Waals surface area (Å²) in [5.74, 6) is 0.225. The van der Waals surface area contributed by atoms with Crippen LogP contribution in [0.1, 0.15) is 10.4 Å². The zero-order valence-electron chi connectivity index (χ0n) is 14.2. The highest BCUT2D eigenvalue weighted by Crippen LogP contribution is 2.27. The fraction of sp³-hybridized carbons (Fsp3) is 0.421. The second kappa shape index (κ2) is 7.46. The minimum Gasteiger partial charge on any atom is -0.311 e. The molecule has 2 aromatic rings. The van der Waals surface area contributed by atoms with Gasteiger partial charge in [0, 0.05) is 49.8 Å². The number of thiophene rings is 1. The number of hydrogen-bond donors (Lipinski definition) is 0. The summed E-state index contributed by atoms with van der Waals surface area (Å²) in [6.45, 7) is 6.18. The molecule has 3 heterocycles. The summed E-state index contributed by atoms with van der Waals surface area (Å²) in [5, 5.41) is 0. The Morgan fingerprint density at radius 2 is 1.76 bits per heavy atom. The molecule has 4 rings (SSSR count). The summed E-state index contributed by atoms with van der Waals surface area (Å²) in [7, 11) is 0. The lowest BCUT2D eigenvalue weighted by atomic mass is 10.2. The first-order chi connectivity index (χ1) is 12.2. The van der Waals surface area contributed by atoms with Gasteiger partial charge in [-0.25, -0.2) is 0 Å². The van der Waals surface area contributed by atoms with E-state index in [9.17, 15) is 4.79 Å². The van der Waals surface area contributed by atoms with Gasteiger partial charge in [-0.05, 0) is 30.2 Å². The third kappa shape index (κ3) is 3.90. The van der Waals surface area contributed by atoms with Crippen LogP contribution < -0.4 is 4.90 Å². The highest BCUT2D eigenvalue weighted by Gasteiger charge is 2.26. The number of amides is 1. The molecule has 1 amide bonds. The van der Waals surface area contributed by atoms with Gasteiger partial charge in [0.15, 0.2) is 0 Å². The van der Waals surface area contributed by atoms with Crippen LogP contribution in [0.5, 0.6) is 0 Å². The molecule has 6 heteroatoms. The number of anilines is 1. The second-order valence-electron chi connectivity index (χ2n) is 6.68. The van der Waals surface area contributed by atoms with E-state index in [1.807, 2.05) is 23.1 Å². The van der Waals surface area contributed by atoms with Crippen molar-refractivity contribution in [3.05, 3.63) is 51.2 Å². The summed E-state index contributed by atoms with van der Waals surface area (Å²) in [4.78, 5) is 20.7. The van der Waals surface area contributed by atoms with Crippen molar-refractivity contribution in [3.63, 3.8) is 0 Å². The largest absolute Gasteiger partial charge is 0.311 e. The fourth-order valence-corrected chi connectivity index (χ4v) is 4.77. The molecule has 1 aromatic heterocycles. The molecule has 0 N–H and O–H groups in total. The molecule has 0 saturated carbocycles. The van der Waals surface area contributed by atoms with Crippen molar-refractivity contribution in [1.29, 1.82) is 0 Å². The van der Waals surface area contributed by atoms with Crippen molar-refractivity contribution >= 4 is 34.5 Å². The average molecular weight is 376 g/mol. The normalized spacial score (nSPS) is 18.5. The Morgan fingerprint density at radius 3 is 2.52 bits per heavy atom. The van der Waals surface area contributed by atoms with Gasteiger partial charge < -0.3 is 4.90 Å². The van der Waals surface area contributed by atoms with E-state index in [2.05, 4.69) is 28.0 Å². The molecule has 1 saturated heterocycles. The van der Waals surface area contributed by atoms with Gasteiger partial charge in [0.2, 0.25) is 5.91 Å². The molecule has 0 bridgehead atoms. The van der Waals surface area contributed by atoms with E-state index in [1.54, 1.807) is 11.3 Å². The van der Waals surface area contributed by atoms with Gasteiger partial charge in [0.05, 0.1) is 10.9 Å². The fourth-order valence-electron chi connectivity index (χ4n) is 3.64. The minimum atomic E-state index is 0.225. The van der Waals surface area contributed by atoms with Crippen molar-refractivity contribution in [1.82, 2.24) is 9.80 Å². The second-order valence-corrected chi connectivity index (χ2v) is 8.48. The van der Waals surface area contributed by atoms with Crippen LogP contribution in [0.25, 0.3) is 0 Å². The van der Waals surface area contributed by atoms with Crippen LogP contribution in [0, 0.1) is 0 Å². The van der Waals surface area contributed by atoms with Gasteiger partial charge >= 0.3 is 0 Å². The van der Waals surface area contributed by atoms with Crippen LogP contribution in [0.2, 0.25) is 4.34 Å². The monoisotopic (exact) mass is 375 g/mol. The maximum atomic E-state index is 12.7. The van der Waals surface area contributed by atoms with Crippen molar-refractivity contribution in [2.24, 2.45) is 0 Å². The Hall–Kier alpha value is -1.40. The third-order valence-corrected chi connectivity index (χ3v) is 6.24. The quantitative estimate of drug-likeness (QED) is 0.821. The molecule has 0 spiro atoms. The number of fused-ring (bicyclic) bond motifs is 1. The molecular formula is C19H22ClN3OS. The van der Waals surface area contributed by atoms with Crippen molar-refractivity contribution in [2.45, 2.75) is 13.0 Å². The van der Waals surface area contributed by atoms with Gasteiger partial charge in [-0.15, -0.1) is 11.3 Å². The number of nitrogens with zero attached hydrogens (tertiary/aromatic N) is 3. The van der Waals surface area contributed by atoms with Gasteiger partial charge in [0.25, 0.3) is 0 Å². The molecule has 2 aliphatic heterocycles. The van der Waals surface area contributed by atoms with Gasteiger partial charge in [-0.3, -0.25) is 14.6 Å². The molecule has 0 atom stereocenters. The van der Waals surface area contributed by atoms with Crippen LogP contribution in [0.3, 0.4) is 0 Å². The minimum absolute atomic E-state index is 0.225. The maximum absolute atomic E-state index is 12.7. The van der Waals surface area contributed by atoms with E-state index in [0.29, 0.717) is 6.54 Å². The van der Waals surface area contributed by atoms with Crippen LogP contribution in [0.15, 0.2) is 36.4 Å². The summed E-state index contributed by atoms with van der Waals surface area (Å²) in [6, 6.07) is 12.3. The Bertz CT molecular complexity index is 755. The molecule has 1 fully saturated rings. The van der Waals surface area contributed by atoms with Crippen molar-refractivity contribution in [2.75, 3.05) is 44.2 Å². The zero-order chi connectivity index (χ0) is 17.2. The molecular weight excluding hydrogens is 354 g/mol. The number of piperazine rings is 1. The lowest BCUT2D eigenvalue weighted by molar-refractivity contribution is -0.120.